The van der Waals surface area contributed by atoms with Gasteiger partial charge in [0, 0.05) is 0 Å². The quantitative estimate of drug-likeness (QED) is 0.111. The lowest BCUT2D eigenvalue weighted by Crippen LogP contribution is -2.65. The molecule has 0 aromatic carbocycles. The van der Waals surface area contributed by atoms with E-state index >= 15 is 0 Å². The molecule has 20 nitrogen and oxygen atoms in total. The van der Waals surface area contributed by atoms with E-state index in [0.717, 1.165) is 0 Å². The average molecular weight is 582 g/mol. The zero-order chi connectivity index (χ0) is 26.9. The molecule has 2 aliphatic heterocycles. The third kappa shape index (κ3) is 8.97. The summed E-state index contributed by atoms with van der Waals surface area (Å²) < 4.78 is 119. The predicted molar refractivity (Wildman–Crippen MR) is 99.9 cm³/mol. The molecule has 23 heteroatoms. The third-order valence-corrected chi connectivity index (χ3v) is 5.92. The highest BCUT2D eigenvalue weighted by Crippen LogP contribution is 2.30. The lowest BCUT2D eigenvalue weighted by Gasteiger charge is -2.45. The van der Waals surface area contributed by atoms with Gasteiger partial charge in [0.1, 0.15) is 48.8 Å². The zero-order valence-electron chi connectivity index (χ0n) is 16.9. The molecule has 10 atom stereocenters. The van der Waals surface area contributed by atoms with Crippen LogP contribution in [0.1, 0.15) is 0 Å². The minimum Gasteiger partial charge on any atom is -0.387 e. The molecule has 2 rings (SSSR count). The fraction of sp³-hybridized carbons (Fsp3) is 1.00. The molecule has 0 radical (unpaired) electrons. The Kier molecular flexibility index (Phi) is 9.90. The lowest BCUT2D eigenvalue weighted by molar-refractivity contribution is -0.352. The molecule has 0 amide bonds. The standard InChI is InChI=1S/C12H22O20S3/c13-5-3(1-27-33(18,19)20)30-12(8(16)10(5)32-35(24,25)26)31-9-4(2-28-34(21,22)23)29-11(17)7(15)6(9)14/h3-17H,1-2H2,(H,18,19,20)(H,21,22,23)(H,24,25,26)/t3-,4-,5+,6-,7-,8-,9-,10+,11?,12+/m1/s1. The second-order valence-electron chi connectivity index (χ2n) is 7.08. The second kappa shape index (κ2) is 11.4. The molecule has 2 aliphatic rings. The van der Waals surface area contributed by atoms with Crippen LogP contribution in [0.4, 0.5) is 0 Å². The van der Waals surface area contributed by atoms with Crippen molar-refractivity contribution in [1.82, 2.24) is 0 Å². The van der Waals surface area contributed by atoms with Gasteiger partial charge in [0.05, 0.1) is 13.2 Å². The number of rotatable bonds is 10. The van der Waals surface area contributed by atoms with Crippen molar-refractivity contribution >= 4 is 31.2 Å². The summed E-state index contributed by atoms with van der Waals surface area (Å²) in [6.45, 7) is -2.39. The van der Waals surface area contributed by atoms with Gasteiger partial charge in [0.15, 0.2) is 12.6 Å². The Morgan fingerprint density at radius 3 is 1.60 bits per heavy atom. The SMILES string of the molecule is O=S(=O)(O)OC[C@H]1O[C@@H](O[C@H]2[C@H](O)[C@@H](O)C(O)O[C@@H]2COS(=O)(=O)O)[C@H](O)[C@@H](OS(=O)(=O)O)[C@H]1O. The largest absolute Gasteiger partial charge is 0.397 e. The highest BCUT2D eigenvalue weighted by Gasteiger charge is 2.52. The molecule has 0 aromatic heterocycles. The molecule has 0 spiro atoms. The van der Waals surface area contributed by atoms with Crippen LogP contribution in [0, 0.1) is 0 Å². The van der Waals surface area contributed by atoms with Gasteiger partial charge in [-0.25, -0.2) is 12.5 Å². The predicted octanol–water partition coefficient (Wildman–Crippen LogP) is -5.92. The minimum atomic E-state index is -5.38. The van der Waals surface area contributed by atoms with Crippen LogP contribution in [0.3, 0.4) is 0 Å². The molecule has 2 fully saturated rings. The van der Waals surface area contributed by atoms with E-state index in [2.05, 4.69) is 12.5 Å². The van der Waals surface area contributed by atoms with Crippen molar-refractivity contribution in [2.45, 2.75) is 61.4 Å². The van der Waals surface area contributed by atoms with Gasteiger partial charge in [-0.2, -0.15) is 25.3 Å². The Balaban J connectivity index is 2.33. The zero-order valence-corrected chi connectivity index (χ0v) is 19.3. The Hall–Kier alpha value is -0.710. The van der Waals surface area contributed by atoms with Gasteiger partial charge in [-0.15, -0.1) is 0 Å². The van der Waals surface area contributed by atoms with Crippen LogP contribution >= 0.6 is 0 Å². The Bertz CT molecular complexity index is 1030. The Morgan fingerprint density at radius 1 is 0.600 bits per heavy atom. The van der Waals surface area contributed by atoms with Crippen LogP contribution in [0.25, 0.3) is 0 Å². The number of aliphatic hydroxyl groups is 5. The van der Waals surface area contributed by atoms with Crippen LogP contribution in [0.15, 0.2) is 0 Å². The van der Waals surface area contributed by atoms with Crippen LogP contribution in [-0.2, 0) is 58.0 Å². The number of hydrogen-bond donors (Lipinski definition) is 8. The topological polar surface area (TPSA) is 320 Å². The van der Waals surface area contributed by atoms with Gasteiger partial charge in [-0.1, -0.05) is 0 Å². The van der Waals surface area contributed by atoms with Crippen molar-refractivity contribution in [3.8, 4) is 0 Å². The molecular weight excluding hydrogens is 560 g/mol. The molecule has 2 saturated heterocycles. The highest BCUT2D eigenvalue weighted by atomic mass is 32.3. The fourth-order valence-electron chi connectivity index (χ4n) is 3.09. The Morgan fingerprint density at radius 2 is 1.11 bits per heavy atom. The summed E-state index contributed by atoms with van der Waals surface area (Å²) in [5, 5.41) is 50.2. The van der Waals surface area contributed by atoms with E-state index in [1.807, 2.05) is 0 Å². The molecule has 208 valence electrons. The summed E-state index contributed by atoms with van der Waals surface area (Å²) in [4.78, 5) is 0. The summed E-state index contributed by atoms with van der Waals surface area (Å²) in [6.07, 6.45) is -21.4. The first-order valence-corrected chi connectivity index (χ1v) is 13.1. The van der Waals surface area contributed by atoms with E-state index in [1.54, 1.807) is 0 Å². The molecule has 0 aromatic rings. The monoisotopic (exact) mass is 582 g/mol. The first-order chi connectivity index (χ1) is 15.8. The van der Waals surface area contributed by atoms with Crippen LogP contribution < -0.4 is 0 Å². The van der Waals surface area contributed by atoms with E-state index in [9.17, 15) is 50.8 Å². The van der Waals surface area contributed by atoms with Crippen LogP contribution in [-0.4, -0.2) is 139 Å². The maximum absolute atomic E-state index is 11.1. The molecular formula is C12H22O20S3. The normalized spacial score (nSPS) is 39.4. The molecule has 8 N–H and O–H groups in total. The third-order valence-electron chi connectivity index (χ3n) is 4.59. The number of hydrogen-bond acceptors (Lipinski definition) is 17. The summed E-state index contributed by atoms with van der Waals surface area (Å²) in [5.74, 6) is 0. The van der Waals surface area contributed by atoms with E-state index in [4.69, 9.17) is 27.9 Å². The number of aliphatic hydroxyl groups excluding tert-OH is 5. The minimum absolute atomic E-state index is 1.16. The summed E-state index contributed by atoms with van der Waals surface area (Å²) in [6, 6.07) is 0. The maximum atomic E-state index is 11.1. The second-order valence-corrected chi connectivity index (χ2v) is 10.3. The van der Waals surface area contributed by atoms with Gasteiger partial charge in [0.2, 0.25) is 0 Å². The molecule has 0 aliphatic carbocycles. The van der Waals surface area contributed by atoms with Crippen molar-refractivity contribution in [2.75, 3.05) is 13.2 Å². The van der Waals surface area contributed by atoms with Crippen molar-refractivity contribution < 1.29 is 91.2 Å². The van der Waals surface area contributed by atoms with Crippen molar-refractivity contribution in [3.63, 3.8) is 0 Å². The smallest absolute Gasteiger partial charge is 0.387 e. The van der Waals surface area contributed by atoms with E-state index < -0.39 is 106 Å². The van der Waals surface area contributed by atoms with Gasteiger partial charge >= 0.3 is 31.2 Å². The molecule has 1 unspecified atom stereocenters. The van der Waals surface area contributed by atoms with Crippen molar-refractivity contribution in [1.29, 1.82) is 0 Å². The fourth-order valence-corrected chi connectivity index (χ4v) is 4.21. The van der Waals surface area contributed by atoms with Gasteiger partial charge in [-0.3, -0.25) is 13.7 Å². The van der Waals surface area contributed by atoms with Gasteiger partial charge < -0.3 is 39.7 Å². The van der Waals surface area contributed by atoms with Crippen molar-refractivity contribution in [2.24, 2.45) is 0 Å². The van der Waals surface area contributed by atoms with Gasteiger partial charge in [0.25, 0.3) is 0 Å². The number of ether oxygens (including phenoxy) is 3. The van der Waals surface area contributed by atoms with E-state index in [0.29, 0.717) is 0 Å². The maximum Gasteiger partial charge on any atom is 0.397 e. The first-order valence-electron chi connectivity index (χ1n) is 9.05. The van der Waals surface area contributed by atoms with Crippen molar-refractivity contribution in [3.05, 3.63) is 0 Å². The molecule has 35 heavy (non-hydrogen) atoms. The lowest BCUT2D eigenvalue weighted by atomic mass is 9.97. The summed E-state index contributed by atoms with van der Waals surface area (Å²) >= 11 is 0. The van der Waals surface area contributed by atoms with E-state index in [1.165, 1.54) is 0 Å². The summed E-state index contributed by atoms with van der Waals surface area (Å²) in [7, 11) is -15.6. The first kappa shape index (κ1) is 30.5. The highest BCUT2D eigenvalue weighted by molar-refractivity contribution is 7.81. The van der Waals surface area contributed by atoms with Crippen LogP contribution in [0.2, 0.25) is 0 Å². The summed E-state index contributed by atoms with van der Waals surface area (Å²) in [5.41, 5.74) is 0. The molecule has 2 heterocycles. The van der Waals surface area contributed by atoms with Gasteiger partial charge in [-0.05, 0) is 0 Å². The van der Waals surface area contributed by atoms with E-state index in [-0.39, 0.29) is 0 Å². The Labute approximate surface area is 197 Å². The van der Waals surface area contributed by atoms with Crippen LogP contribution in [0.5, 0.6) is 0 Å². The molecule has 0 saturated carbocycles. The molecule has 0 bridgehead atoms. The average Bonchev–Trinajstić information content (AvgIpc) is 2.69.